The van der Waals surface area contributed by atoms with Gasteiger partial charge >= 0.3 is 0 Å². The van der Waals surface area contributed by atoms with Crippen LogP contribution in [0.2, 0.25) is 0 Å². The molecule has 8 nitrogen and oxygen atoms in total. The lowest BCUT2D eigenvalue weighted by molar-refractivity contribution is -0.134. The highest BCUT2D eigenvalue weighted by atomic mass is 16.5. The molecule has 1 unspecified atom stereocenters. The van der Waals surface area contributed by atoms with Crippen LogP contribution in [0.1, 0.15) is 23.8 Å². The average molecular weight is 386 g/mol. The van der Waals surface area contributed by atoms with E-state index >= 15 is 0 Å². The van der Waals surface area contributed by atoms with E-state index in [4.69, 9.17) is 4.74 Å². The molecule has 2 heterocycles. The number of carbonyl (C=O) groups is 3. The third-order valence-corrected chi connectivity index (χ3v) is 5.29. The Morgan fingerprint density at radius 1 is 1.25 bits per heavy atom. The van der Waals surface area contributed by atoms with Crippen LogP contribution >= 0.6 is 0 Å². The molecule has 1 atom stereocenters. The van der Waals surface area contributed by atoms with Crippen molar-refractivity contribution in [3.63, 3.8) is 0 Å². The van der Waals surface area contributed by atoms with Gasteiger partial charge in [0.05, 0.1) is 13.1 Å². The van der Waals surface area contributed by atoms with Crippen LogP contribution in [0.5, 0.6) is 0 Å². The number of benzene rings is 1. The van der Waals surface area contributed by atoms with Gasteiger partial charge in [-0.2, -0.15) is 0 Å². The van der Waals surface area contributed by atoms with Crippen LogP contribution < -0.4 is 10.6 Å². The number of carbonyl (C=O) groups excluding carboxylic acids is 3. The number of rotatable bonds is 7. The van der Waals surface area contributed by atoms with Crippen LogP contribution in [0.25, 0.3) is 10.9 Å². The maximum atomic E-state index is 12.9. The molecule has 8 heteroatoms. The topological polar surface area (TPSA) is 92.7 Å². The first-order valence-corrected chi connectivity index (χ1v) is 9.29. The molecule has 0 saturated heterocycles. The maximum Gasteiger partial charge on any atom is 0.271 e. The molecular weight excluding hydrogens is 360 g/mol. The summed E-state index contributed by atoms with van der Waals surface area (Å²) < 4.78 is 6.81. The lowest BCUT2D eigenvalue weighted by Crippen LogP contribution is -2.63. The summed E-state index contributed by atoms with van der Waals surface area (Å²) in [5, 5.41) is 6.35. The second-order valence-corrected chi connectivity index (χ2v) is 7.19. The Kier molecular flexibility index (Phi) is 5.69. The summed E-state index contributed by atoms with van der Waals surface area (Å²) in [6.45, 7) is 2.94. The highest BCUT2D eigenvalue weighted by Crippen LogP contribution is 2.31. The molecule has 150 valence electrons. The summed E-state index contributed by atoms with van der Waals surface area (Å²) in [5.74, 6) is -0.854. The van der Waals surface area contributed by atoms with Crippen molar-refractivity contribution in [1.82, 2.24) is 20.1 Å². The van der Waals surface area contributed by atoms with Gasteiger partial charge in [-0.1, -0.05) is 18.2 Å². The van der Waals surface area contributed by atoms with Crippen LogP contribution in [0.3, 0.4) is 0 Å². The minimum atomic E-state index is -1.10. The number of hydrogen-bond donors (Lipinski definition) is 2. The molecule has 0 bridgehead atoms. The van der Waals surface area contributed by atoms with Crippen LogP contribution in [-0.2, 0) is 20.9 Å². The molecule has 3 amide bonds. The number of para-hydroxylation sites is 1. The van der Waals surface area contributed by atoms with E-state index in [0.717, 1.165) is 10.9 Å². The number of nitrogens with one attached hydrogen (secondary N) is 2. The first-order chi connectivity index (χ1) is 13.4. The number of hydrogen-bond acceptors (Lipinski definition) is 4. The summed E-state index contributed by atoms with van der Waals surface area (Å²) in [4.78, 5) is 39.2. The van der Waals surface area contributed by atoms with E-state index in [1.807, 2.05) is 34.9 Å². The van der Waals surface area contributed by atoms with E-state index in [0.29, 0.717) is 31.8 Å². The number of aromatic nitrogens is 1. The summed E-state index contributed by atoms with van der Waals surface area (Å²) in [6.07, 6.45) is 0.703. The van der Waals surface area contributed by atoms with Crippen LogP contribution in [0.15, 0.2) is 30.3 Å². The average Bonchev–Trinajstić information content (AvgIpc) is 3.06. The second kappa shape index (κ2) is 8.02. The zero-order valence-corrected chi connectivity index (χ0v) is 16.4. The Morgan fingerprint density at radius 3 is 2.75 bits per heavy atom. The number of methoxy groups -OCH3 is 1. The molecule has 0 aliphatic carbocycles. The minimum absolute atomic E-state index is 0.136. The SMILES string of the molecule is COCCCNC(=O)CNC(=O)C1(C)Cn2c(cc3ccccc32)C(=O)N1C. The minimum Gasteiger partial charge on any atom is -0.385 e. The summed E-state index contributed by atoms with van der Waals surface area (Å²) in [7, 11) is 3.22. The number of fused-ring (bicyclic) bond motifs is 3. The Balaban J connectivity index is 1.71. The molecule has 1 aliphatic rings. The smallest absolute Gasteiger partial charge is 0.271 e. The van der Waals surface area contributed by atoms with Gasteiger partial charge in [0.25, 0.3) is 5.91 Å². The summed E-state index contributed by atoms with van der Waals surface area (Å²) in [6, 6.07) is 9.55. The highest BCUT2D eigenvalue weighted by Gasteiger charge is 2.45. The van der Waals surface area contributed by atoms with Crippen molar-refractivity contribution in [1.29, 1.82) is 0 Å². The summed E-state index contributed by atoms with van der Waals surface area (Å²) in [5.41, 5.74) is 0.376. The Labute approximate surface area is 163 Å². The van der Waals surface area contributed by atoms with Gasteiger partial charge in [-0.25, -0.2) is 0 Å². The van der Waals surface area contributed by atoms with Gasteiger partial charge in [-0.15, -0.1) is 0 Å². The third kappa shape index (κ3) is 3.60. The molecule has 28 heavy (non-hydrogen) atoms. The van der Waals surface area contributed by atoms with Crippen LogP contribution in [0, 0.1) is 0 Å². The second-order valence-electron chi connectivity index (χ2n) is 7.19. The number of ether oxygens (including phenoxy) is 1. The van der Waals surface area contributed by atoms with Gasteiger partial charge in [-0.05, 0) is 25.5 Å². The van der Waals surface area contributed by atoms with E-state index in [9.17, 15) is 14.4 Å². The van der Waals surface area contributed by atoms with E-state index < -0.39 is 5.54 Å². The van der Waals surface area contributed by atoms with Crippen LogP contribution in [0.4, 0.5) is 0 Å². The fourth-order valence-corrected chi connectivity index (χ4v) is 3.45. The zero-order chi connectivity index (χ0) is 20.3. The van der Waals surface area contributed by atoms with Crippen molar-refractivity contribution in [2.24, 2.45) is 0 Å². The van der Waals surface area contributed by atoms with Crippen molar-refractivity contribution < 1.29 is 19.1 Å². The van der Waals surface area contributed by atoms with E-state index in [1.54, 1.807) is 21.1 Å². The van der Waals surface area contributed by atoms with Gasteiger partial charge in [0.15, 0.2) is 0 Å². The van der Waals surface area contributed by atoms with Gasteiger partial charge in [-0.3, -0.25) is 14.4 Å². The first-order valence-electron chi connectivity index (χ1n) is 9.29. The van der Waals surface area contributed by atoms with E-state index in [2.05, 4.69) is 10.6 Å². The molecular formula is C20H26N4O4. The lowest BCUT2D eigenvalue weighted by atomic mass is 9.95. The highest BCUT2D eigenvalue weighted by molar-refractivity contribution is 6.03. The molecule has 2 aromatic rings. The van der Waals surface area contributed by atoms with E-state index in [1.165, 1.54) is 4.90 Å². The largest absolute Gasteiger partial charge is 0.385 e. The molecule has 0 spiro atoms. The summed E-state index contributed by atoms with van der Waals surface area (Å²) >= 11 is 0. The van der Waals surface area contributed by atoms with Crippen molar-refractivity contribution in [2.75, 3.05) is 33.9 Å². The lowest BCUT2D eigenvalue weighted by Gasteiger charge is -2.41. The van der Waals surface area contributed by atoms with Gasteiger partial charge < -0.3 is 24.8 Å². The van der Waals surface area contributed by atoms with Crippen molar-refractivity contribution in [3.8, 4) is 0 Å². The molecule has 1 aromatic heterocycles. The van der Waals surface area contributed by atoms with Gasteiger partial charge in [0, 0.05) is 38.2 Å². The molecule has 1 aliphatic heterocycles. The maximum absolute atomic E-state index is 12.9. The van der Waals surface area contributed by atoms with Crippen molar-refractivity contribution >= 4 is 28.6 Å². The van der Waals surface area contributed by atoms with E-state index in [-0.39, 0.29) is 24.3 Å². The van der Waals surface area contributed by atoms with Crippen LogP contribution in [-0.4, -0.2) is 66.6 Å². The predicted octanol–water partition coefficient (Wildman–Crippen LogP) is 0.755. The fraction of sp³-hybridized carbons (Fsp3) is 0.450. The third-order valence-electron chi connectivity index (χ3n) is 5.29. The number of nitrogens with zero attached hydrogens (tertiary/aromatic N) is 2. The fourth-order valence-electron chi connectivity index (χ4n) is 3.45. The molecule has 0 fully saturated rings. The van der Waals surface area contributed by atoms with Crippen molar-refractivity contribution in [3.05, 3.63) is 36.0 Å². The molecule has 0 radical (unpaired) electrons. The number of amides is 3. The normalized spacial score (nSPS) is 18.8. The monoisotopic (exact) mass is 386 g/mol. The Bertz CT molecular complexity index is 907. The molecule has 1 aromatic carbocycles. The Morgan fingerprint density at radius 2 is 2.00 bits per heavy atom. The van der Waals surface area contributed by atoms with Gasteiger partial charge in [0.1, 0.15) is 11.2 Å². The van der Waals surface area contributed by atoms with Gasteiger partial charge in [0.2, 0.25) is 11.8 Å². The number of likely N-dealkylation sites (N-methyl/N-ethyl adjacent to an activating group) is 1. The standard InChI is InChI=1S/C20H26N4O4/c1-20(19(27)22-12-17(25)21-9-6-10-28-3)13-24-15-8-5-4-7-14(15)11-16(24)18(26)23(20)2/h4-5,7-8,11H,6,9-10,12-13H2,1-3H3,(H,21,25)(H,22,27). The Hall–Kier alpha value is -2.87. The first kappa shape index (κ1) is 19.9. The quantitative estimate of drug-likeness (QED) is 0.687. The molecule has 0 saturated carbocycles. The molecule has 3 rings (SSSR count). The van der Waals surface area contributed by atoms with Crippen molar-refractivity contribution in [2.45, 2.75) is 25.4 Å². The predicted molar refractivity (Wildman–Crippen MR) is 105 cm³/mol. The molecule has 2 N–H and O–H groups in total. The zero-order valence-electron chi connectivity index (χ0n) is 16.4.